The molecule has 0 aliphatic heterocycles. The Morgan fingerprint density at radius 1 is 1.20 bits per heavy atom. The van der Waals surface area contributed by atoms with E-state index in [1.54, 1.807) is 22.5 Å². The number of nitrogens with zero attached hydrogens (tertiary/aromatic N) is 5. The van der Waals surface area contributed by atoms with E-state index in [0.717, 1.165) is 22.0 Å². The first-order chi connectivity index (χ1) is 14.4. The van der Waals surface area contributed by atoms with Crippen LogP contribution < -0.4 is 5.32 Å². The van der Waals surface area contributed by atoms with Gasteiger partial charge in [0.25, 0.3) is 6.43 Å². The van der Waals surface area contributed by atoms with Crippen molar-refractivity contribution >= 4 is 74.3 Å². The smallest absolute Gasteiger partial charge is 0.295 e. The van der Waals surface area contributed by atoms with E-state index in [1.165, 1.54) is 4.34 Å². The van der Waals surface area contributed by atoms with Gasteiger partial charge >= 0.3 is 0 Å². The number of imidazole rings is 1. The van der Waals surface area contributed by atoms with Crippen molar-refractivity contribution in [1.29, 1.82) is 0 Å². The Hall–Kier alpha value is -1.49. The number of nitrogens with one attached hydrogen (secondary N) is 1. The van der Waals surface area contributed by atoms with Crippen molar-refractivity contribution in [2.24, 2.45) is 0 Å². The van der Waals surface area contributed by atoms with Crippen molar-refractivity contribution in [2.45, 2.75) is 18.2 Å². The van der Waals surface area contributed by atoms with E-state index < -0.39 is 6.43 Å². The maximum Gasteiger partial charge on any atom is 0.295 e. The molecule has 1 atom stereocenters. The number of alkyl halides is 2. The highest BCUT2D eigenvalue weighted by Crippen LogP contribution is 2.39. The van der Waals surface area contributed by atoms with Gasteiger partial charge in [0.05, 0.1) is 29.1 Å². The number of benzene rings is 1. The van der Waals surface area contributed by atoms with E-state index >= 15 is 0 Å². The minimum absolute atomic E-state index is 0.0239. The van der Waals surface area contributed by atoms with E-state index in [4.69, 9.17) is 11.6 Å². The van der Waals surface area contributed by atoms with Crippen LogP contribution in [0.2, 0.25) is 5.15 Å². The summed E-state index contributed by atoms with van der Waals surface area (Å²) in [5, 5.41) is 7.94. The SMILES string of the molecule is CSc1cc(-n2ccc(C)n2)ccc1Nc1cc(Cl)nc2c1nc(C(F)F)n2PI. The second kappa shape index (κ2) is 8.94. The summed E-state index contributed by atoms with van der Waals surface area (Å²) in [6, 6.07) is 9.40. The second-order valence-electron chi connectivity index (χ2n) is 6.27. The summed E-state index contributed by atoms with van der Waals surface area (Å²) < 4.78 is 30.1. The lowest BCUT2D eigenvalue weighted by molar-refractivity contribution is 0.140. The van der Waals surface area contributed by atoms with Crippen LogP contribution in [0.4, 0.5) is 20.2 Å². The normalized spacial score (nSPS) is 12.0. The third-order valence-corrected chi connectivity index (χ3v) is 7.36. The third-order valence-electron chi connectivity index (χ3n) is 4.33. The van der Waals surface area contributed by atoms with Crippen molar-refractivity contribution in [3.05, 3.63) is 53.2 Å². The number of hydrogen-bond donors (Lipinski definition) is 1. The molecule has 156 valence electrons. The maximum atomic E-state index is 13.5. The molecule has 0 radical (unpaired) electrons. The summed E-state index contributed by atoms with van der Waals surface area (Å²) in [7, 11) is 0. The Morgan fingerprint density at radius 2 is 2.00 bits per heavy atom. The number of aryl methyl sites for hydroxylation is 1. The van der Waals surface area contributed by atoms with Crippen LogP contribution in [0.1, 0.15) is 17.9 Å². The van der Waals surface area contributed by atoms with Gasteiger partial charge in [-0.15, -0.1) is 11.8 Å². The summed E-state index contributed by atoms with van der Waals surface area (Å²) in [6.07, 6.45) is 1.19. The molecule has 1 unspecified atom stereocenters. The number of thioether (sulfide) groups is 1. The van der Waals surface area contributed by atoms with Gasteiger partial charge in [-0.3, -0.25) is 4.34 Å². The van der Waals surface area contributed by atoms with Crippen LogP contribution in [-0.4, -0.2) is 30.3 Å². The van der Waals surface area contributed by atoms with Gasteiger partial charge in [0.2, 0.25) is 0 Å². The summed E-state index contributed by atoms with van der Waals surface area (Å²) in [6.45, 7) is 1.93. The molecule has 3 aromatic heterocycles. The van der Waals surface area contributed by atoms with Crippen molar-refractivity contribution < 1.29 is 8.78 Å². The highest BCUT2D eigenvalue weighted by Gasteiger charge is 2.22. The molecule has 30 heavy (non-hydrogen) atoms. The molecule has 0 spiro atoms. The fourth-order valence-corrected chi connectivity index (χ4v) is 5.65. The number of anilines is 2. The van der Waals surface area contributed by atoms with E-state index in [2.05, 4.69) is 20.4 Å². The molecule has 12 heteroatoms. The molecule has 0 saturated heterocycles. The van der Waals surface area contributed by atoms with Crippen molar-refractivity contribution in [3.63, 3.8) is 0 Å². The zero-order valence-electron chi connectivity index (χ0n) is 15.7. The highest BCUT2D eigenvalue weighted by atomic mass is 127. The number of halogens is 4. The Kier molecular flexibility index (Phi) is 6.47. The van der Waals surface area contributed by atoms with Gasteiger partial charge < -0.3 is 5.32 Å². The Bertz CT molecular complexity index is 1230. The number of aromatic nitrogens is 5. The van der Waals surface area contributed by atoms with Crippen LogP contribution >= 0.6 is 51.8 Å². The Morgan fingerprint density at radius 3 is 2.63 bits per heavy atom. The summed E-state index contributed by atoms with van der Waals surface area (Å²) in [5.74, 6) is -0.315. The Balaban J connectivity index is 1.79. The third kappa shape index (κ3) is 4.15. The molecular formula is C18H15ClF2IN6PS. The van der Waals surface area contributed by atoms with Gasteiger partial charge in [0.15, 0.2) is 11.5 Å². The quantitative estimate of drug-likeness (QED) is 0.118. The molecule has 0 aliphatic carbocycles. The minimum Gasteiger partial charge on any atom is -0.353 e. The van der Waals surface area contributed by atoms with Gasteiger partial charge in [-0.05, 0) is 59.5 Å². The van der Waals surface area contributed by atoms with Gasteiger partial charge in [-0.1, -0.05) is 11.6 Å². The lowest BCUT2D eigenvalue weighted by Gasteiger charge is -2.13. The van der Waals surface area contributed by atoms with Crippen LogP contribution in [-0.2, 0) is 0 Å². The first kappa shape index (κ1) is 21.7. The summed E-state index contributed by atoms with van der Waals surface area (Å²) in [4.78, 5) is 9.35. The molecule has 0 amide bonds. The molecule has 4 aromatic rings. The van der Waals surface area contributed by atoms with E-state index in [9.17, 15) is 8.78 Å². The lowest BCUT2D eigenvalue weighted by atomic mass is 10.2. The number of fused-ring (bicyclic) bond motifs is 1. The molecule has 0 fully saturated rings. The van der Waals surface area contributed by atoms with Crippen molar-refractivity contribution in [2.75, 3.05) is 11.6 Å². The second-order valence-corrected chi connectivity index (χ2v) is 9.57. The molecule has 1 N–H and O–H groups in total. The van der Waals surface area contributed by atoms with E-state index in [1.807, 2.05) is 65.7 Å². The van der Waals surface area contributed by atoms with Crippen molar-refractivity contribution in [1.82, 2.24) is 24.1 Å². The first-order valence-electron chi connectivity index (χ1n) is 8.62. The summed E-state index contributed by atoms with van der Waals surface area (Å²) in [5.41, 5.74) is 3.88. The fourth-order valence-electron chi connectivity index (χ4n) is 2.99. The van der Waals surface area contributed by atoms with Crippen LogP contribution in [0.5, 0.6) is 0 Å². The van der Waals surface area contributed by atoms with Gasteiger partial charge in [0, 0.05) is 17.2 Å². The minimum atomic E-state index is -2.70. The van der Waals surface area contributed by atoms with Crippen LogP contribution in [0.25, 0.3) is 16.9 Å². The van der Waals surface area contributed by atoms with E-state index in [0.29, 0.717) is 16.9 Å². The molecule has 6 nitrogen and oxygen atoms in total. The Labute approximate surface area is 195 Å². The van der Waals surface area contributed by atoms with Crippen LogP contribution in [0.3, 0.4) is 0 Å². The fraction of sp³-hybridized carbons (Fsp3) is 0.167. The molecule has 1 aromatic carbocycles. The summed E-state index contributed by atoms with van der Waals surface area (Å²) >= 11 is 9.78. The topological polar surface area (TPSA) is 60.6 Å². The average molecular weight is 579 g/mol. The van der Waals surface area contributed by atoms with Crippen LogP contribution in [0.15, 0.2) is 41.4 Å². The van der Waals surface area contributed by atoms with Gasteiger partial charge in [-0.25, -0.2) is 23.4 Å². The van der Waals surface area contributed by atoms with Gasteiger partial charge in [-0.2, -0.15) is 5.10 Å². The standard InChI is InChI=1S/C18H15ClF2IN6PS/c1-9-5-6-27(26-9)10-3-4-11(13(7-10)30-2)23-12-8-14(19)24-17-15(12)25-18(16(20)21)28(17)29-22/h3-8,16,29H,1-2H3,(H,23,24). The largest absolute Gasteiger partial charge is 0.353 e. The number of hydrogen-bond acceptors (Lipinski definition) is 5. The molecule has 3 heterocycles. The first-order valence-corrected chi connectivity index (χ1v) is 14.3. The predicted octanol–water partition coefficient (Wildman–Crippen LogP) is 6.77. The zero-order valence-corrected chi connectivity index (χ0v) is 20.4. The molecule has 0 saturated carbocycles. The average Bonchev–Trinajstić information content (AvgIpc) is 3.31. The van der Waals surface area contributed by atoms with Crippen LogP contribution in [0, 0.1) is 6.92 Å². The molecule has 4 rings (SSSR count). The highest BCUT2D eigenvalue weighted by molar-refractivity contribution is 14.2. The number of pyridine rings is 1. The van der Waals surface area contributed by atoms with Crippen molar-refractivity contribution in [3.8, 4) is 5.69 Å². The maximum absolute atomic E-state index is 13.5. The van der Waals surface area contributed by atoms with Gasteiger partial charge in [0.1, 0.15) is 10.7 Å². The zero-order chi connectivity index (χ0) is 21.4. The van der Waals surface area contributed by atoms with E-state index in [-0.39, 0.29) is 17.4 Å². The predicted molar refractivity (Wildman–Crippen MR) is 129 cm³/mol. The molecular weight excluding hydrogens is 564 g/mol. The molecule has 0 bridgehead atoms. The monoisotopic (exact) mass is 578 g/mol. The lowest BCUT2D eigenvalue weighted by Crippen LogP contribution is -1.99. The number of rotatable bonds is 6. The molecule has 0 aliphatic rings.